The first kappa shape index (κ1) is 14.4. The summed E-state index contributed by atoms with van der Waals surface area (Å²) in [5, 5.41) is 15.3. The first-order valence-corrected chi connectivity index (χ1v) is 6.93. The van der Waals surface area contributed by atoms with Crippen LogP contribution in [-0.2, 0) is 6.54 Å². The van der Waals surface area contributed by atoms with E-state index in [2.05, 4.69) is 26.6 Å². The average Bonchev–Trinajstić information content (AvgIpc) is 2.48. The monoisotopic (exact) mass is 334 g/mol. The highest BCUT2D eigenvalue weighted by molar-refractivity contribution is 9.10. The lowest BCUT2D eigenvalue weighted by molar-refractivity contribution is 0.0963. The summed E-state index contributed by atoms with van der Waals surface area (Å²) in [7, 11) is 1.61. The van der Waals surface area contributed by atoms with Gasteiger partial charge in [-0.15, -0.1) is 0 Å². The van der Waals surface area contributed by atoms with Crippen LogP contribution in [0.5, 0.6) is 5.75 Å². The van der Waals surface area contributed by atoms with Gasteiger partial charge in [-0.3, -0.25) is 4.79 Å². The topological polar surface area (TPSA) is 61.4 Å². The maximum atomic E-state index is 11.5. The number of amides is 1. The number of anilines is 1. The predicted octanol–water partition coefficient (Wildman–Crippen LogP) is 3.13. The summed E-state index contributed by atoms with van der Waals surface area (Å²) in [6, 6.07) is 12.6. The number of phenolic OH excluding ortho intramolecular Hbond substituents is 1. The maximum Gasteiger partial charge on any atom is 0.251 e. The van der Waals surface area contributed by atoms with E-state index < -0.39 is 0 Å². The zero-order chi connectivity index (χ0) is 14.5. The van der Waals surface area contributed by atoms with Crippen molar-refractivity contribution in [3.63, 3.8) is 0 Å². The van der Waals surface area contributed by atoms with Gasteiger partial charge < -0.3 is 15.7 Å². The fourth-order valence-electron chi connectivity index (χ4n) is 1.78. The Morgan fingerprint density at radius 2 is 2.05 bits per heavy atom. The van der Waals surface area contributed by atoms with E-state index in [1.54, 1.807) is 25.2 Å². The molecule has 0 fully saturated rings. The van der Waals surface area contributed by atoms with Gasteiger partial charge in [-0.1, -0.05) is 12.1 Å². The number of aromatic hydroxyl groups is 1. The minimum Gasteiger partial charge on any atom is -0.507 e. The Kier molecular flexibility index (Phi) is 4.63. The summed E-state index contributed by atoms with van der Waals surface area (Å²) in [4.78, 5) is 11.5. The van der Waals surface area contributed by atoms with Gasteiger partial charge >= 0.3 is 0 Å². The number of benzene rings is 2. The SMILES string of the molecule is CNC(=O)c1cccc(NCc2ccc(O)c(Br)c2)c1. The largest absolute Gasteiger partial charge is 0.507 e. The van der Waals surface area contributed by atoms with Crippen LogP contribution in [0.2, 0.25) is 0 Å². The second kappa shape index (κ2) is 6.43. The lowest BCUT2D eigenvalue weighted by atomic mass is 10.1. The minimum absolute atomic E-state index is 0.110. The zero-order valence-electron chi connectivity index (χ0n) is 11.0. The molecule has 0 heterocycles. The van der Waals surface area contributed by atoms with Crippen LogP contribution in [0.25, 0.3) is 0 Å². The second-order valence-corrected chi connectivity index (χ2v) is 5.15. The molecule has 0 bridgehead atoms. The molecule has 4 nitrogen and oxygen atoms in total. The molecule has 0 radical (unpaired) electrons. The number of carbonyl (C=O) groups is 1. The number of phenols is 1. The first-order chi connectivity index (χ1) is 9.60. The molecule has 2 aromatic rings. The first-order valence-electron chi connectivity index (χ1n) is 6.13. The summed E-state index contributed by atoms with van der Waals surface area (Å²) in [5.41, 5.74) is 2.51. The maximum absolute atomic E-state index is 11.5. The summed E-state index contributed by atoms with van der Waals surface area (Å²) < 4.78 is 0.663. The van der Waals surface area contributed by atoms with Gasteiger partial charge in [0.2, 0.25) is 0 Å². The average molecular weight is 335 g/mol. The van der Waals surface area contributed by atoms with Crippen LogP contribution in [0.1, 0.15) is 15.9 Å². The van der Waals surface area contributed by atoms with Gasteiger partial charge in [0.05, 0.1) is 4.47 Å². The van der Waals surface area contributed by atoms with Crippen molar-refractivity contribution in [2.24, 2.45) is 0 Å². The van der Waals surface area contributed by atoms with E-state index in [0.29, 0.717) is 16.6 Å². The summed E-state index contributed by atoms with van der Waals surface area (Å²) in [6.07, 6.45) is 0. The molecule has 2 aromatic carbocycles. The van der Waals surface area contributed by atoms with E-state index in [0.717, 1.165) is 11.3 Å². The fourth-order valence-corrected chi connectivity index (χ4v) is 2.21. The molecule has 1 amide bonds. The van der Waals surface area contributed by atoms with Crippen LogP contribution < -0.4 is 10.6 Å². The van der Waals surface area contributed by atoms with Crippen LogP contribution >= 0.6 is 15.9 Å². The number of hydrogen-bond acceptors (Lipinski definition) is 3. The molecule has 0 unspecified atom stereocenters. The van der Waals surface area contributed by atoms with Crippen molar-refractivity contribution in [3.05, 3.63) is 58.1 Å². The van der Waals surface area contributed by atoms with Crippen molar-refractivity contribution in [3.8, 4) is 5.75 Å². The van der Waals surface area contributed by atoms with E-state index in [4.69, 9.17) is 0 Å². The van der Waals surface area contributed by atoms with E-state index in [9.17, 15) is 9.90 Å². The molecule has 0 aliphatic heterocycles. The molecule has 0 aliphatic carbocycles. The highest BCUT2D eigenvalue weighted by atomic mass is 79.9. The lowest BCUT2D eigenvalue weighted by Gasteiger charge is -2.09. The Balaban J connectivity index is 2.07. The van der Waals surface area contributed by atoms with Crippen molar-refractivity contribution < 1.29 is 9.90 Å². The number of hydrogen-bond donors (Lipinski definition) is 3. The second-order valence-electron chi connectivity index (χ2n) is 4.30. The predicted molar refractivity (Wildman–Crippen MR) is 83.0 cm³/mol. The van der Waals surface area contributed by atoms with Gasteiger partial charge in [0.1, 0.15) is 5.75 Å². The minimum atomic E-state index is -0.110. The lowest BCUT2D eigenvalue weighted by Crippen LogP contribution is -2.17. The van der Waals surface area contributed by atoms with Crippen LogP contribution in [0.4, 0.5) is 5.69 Å². The van der Waals surface area contributed by atoms with E-state index in [-0.39, 0.29) is 11.7 Å². The molecular weight excluding hydrogens is 320 g/mol. The fraction of sp³-hybridized carbons (Fsp3) is 0.133. The van der Waals surface area contributed by atoms with E-state index in [1.807, 2.05) is 24.3 Å². The number of nitrogens with one attached hydrogen (secondary N) is 2. The molecule has 0 aromatic heterocycles. The van der Waals surface area contributed by atoms with Gasteiger partial charge in [0.25, 0.3) is 5.91 Å². The van der Waals surface area contributed by atoms with Crippen molar-refractivity contribution in [1.82, 2.24) is 5.32 Å². The van der Waals surface area contributed by atoms with E-state index in [1.165, 1.54) is 0 Å². The standard InChI is InChI=1S/C15H15BrN2O2/c1-17-15(20)11-3-2-4-12(8-11)18-9-10-5-6-14(19)13(16)7-10/h2-8,18-19H,9H2,1H3,(H,17,20). The molecule has 0 saturated carbocycles. The molecule has 3 N–H and O–H groups in total. The Bertz CT molecular complexity index is 629. The smallest absolute Gasteiger partial charge is 0.251 e. The van der Waals surface area contributed by atoms with Crippen LogP contribution in [0.15, 0.2) is 46.9 Å². The molecule has 20 heavy (non-hydrogen) atoms. The molecule has 5 heteroatoms. The molecule has 0 aliphatic rings. The van der Waals surface area contributed by atoms with Crippen LogP contribution in [-0.4, -0.2) is 18.1 Å². The van der Waals surface area contributed by atoms with Gasteiger partial charge in [-0.05, 0) is 51.8 Å². The zero-order valence-corrected chi connectivity index (χ0v) is 12.6. The molecule has 2 rings (SSSR count). The normalized spacial score (nSPS) is 10.1. The third kappa shape index (κ3) is 3.51. The van der Waals surface area contributed by atoms with Gasteiger partial charge in [0, 0.05) is 24.8 Å². The van der Waals surface area contributed by atoms with Gasteiger partial charge in [-0.25, -0.2) is 0 Å². The Morgan fingerprint density at radius 1 is 1.25 bits per heavy atom. The summed E-state index contributed by atoms with van der Waals surface area (Å²) in [5.74, 6) is 0.108. The molecule has 0 atom stereocenters. The molecule has 104 valence electrons. The molecule has 0 spiro atoms. The van der Waals surface area contributed by atoms with Crippen LogP contribution in [0, 0.1) is 0 Å². The van der Waals surface area contributed by atoms with Crippen molar-refractivity contribution in [2.45, 2.75) is 6.54 Å². The number of halogens is 1. The molecule has 0 saturated heterocycles. The quantitative estimate of drug-likeness (QED) is 0.805. The van der Waals surface area contributed by atoms with Gasteiger partial charge in [0.15, 0.2) is 0 Å². The van der Waals surface area contributed by atoms with Crippen molar-refractivity contribution >= 4 is 27.5 Å². The summed E-state index contributed by atoms with van der Waals surface area (Å²) in [6.45, 7) is 0.607. The Morgan fingerprint density at radius 3 is 2.75 bits per heavy atom. The highest BCUT2D eigenvalue weighted by Gasteiger charge is 2.04. The van der Waals surface area contributed by atoms with Crippen molar-refractivity contribution in [2.75, 3.05) is 12.4 Å². The number of carbonyl (C=O) groups excluding carboxylic acids is 1. The highest BCUT2D eigenvalue weighted by Crippen LogP contribution is 2.24. The van der Waals surface area contributed by atoms with Crippen molar-refractivity contribution in [1.29, 1.82) is 0 Å². The van der Waals surface area contributed by atoms with Crippen LogP contribution in [0.3, 0.4) is 0 Å². The molecular formula is C15H15BrN2O2. The van der Waals surface area contributed by atoms with E-state index >= 15 is 0 Å². The number of rotatable bonds is 4. The third-order valence-corrected chi connectivity index (χ3v) is 3.50. The third-order valence-electron chi connectivity index (χ3n) is 2.86. The summed E-state index contributed by atoms with van der Waals surface area (Å²) >= 11 is 3.28. The van der Waals surface area contributed by atoms with Gasteiger partial charge in [-0.2, -0.15) is 0 Å². The Hall–Kier alpha value is -2.01. The Labute approximate surface area is 126 Å².